The molecule has 0 saturated heterocycles. The smallest absolute Gasteiger partial charge is 0.323 e. The number of aromatic nitrogens is 10. The molecule has 0 aromatic carbocycles. The monoisotopic (exact) mass is 961 g/mol. The van der Waals surface area contributed by atoms with Crippen LogP contribution < -0.4 is 21.7 Å². The first-order valence-corrected chi connectivity index (χ1v) is 20.1. The van der Waals surface area contributed by atoms with Gasteiger partial charge in [-0.25, -0.2) is 29.9 Å². The molecule has 6 N–H and O–H groups in total. The first kappa shape index (κ1) is 43.9. The number of hydrogen-bond donors (Lipinski definition) is 5. The Labute approximate surface area is 362 Å². The highest BCUT2D eigenvalue weighted by molar-refractivity contribution is 9.10. The number of anilines is 2. The number of ketones is 1. The molecule has 22 nitrogen and oxygen atoms in total. The highest BCUT2D eigenvalue weighted by atomic mass is 79.9. The van der Waals surface area contributed by atoms with Gasteiger partial charge >= 0.3 is 5.97 Å². The molecule has 61 heavy (non-hydrogen) atoms. The van der Waals surface area contributed by atoms with Crippen LogP contribution in [0.15, 0.2) is 71.2 Å². The number of halogens is 2. The van der Waals surface area contributed by atoms with Crippen molar-refractivity contribution in [1.29, 1.82) is 0 Å². The van der Waals surface area contributed by atoms with Crippen molar-refractivity contribution in [2.75, 3.05) is 23.7 Å². The number of primary amides is 1. The van der Waals surface area contributed by atoms with E-state index in [2.05, 4.69) is 87.7 Å². The van der Waals surface area contributed by atoms with Gasteiger partial charge in [0.15, 0.2) is 11.6 Å². The van der Waals surface area contributed by atoms with Crippen LogP contribution in [0.25, 0.3) is 22.1 Å². The molecule has 0 spiro atoms. The third-order valence-electron chi connectivity index (χ3n) is 8.85. The standard InChI is InChI=1S/C18H17BrN8O3.C10H12BrN3O.C9H8N4O3/c19-13-5-20-6-14(24-13)25-15(29)7-27(11-1-2-11)16(30)8-26-4-3-12-17(23-10-28)21-9-22-18(12)26;11-10-6-12-4-8(14-10)3-9(15)5-13-7-1-2-7;10-8(16)7-5-1-2-13(3-6(14)15)9(5)12-4-11-7/h3-6,9-11H,1-2,7-8H2,(H,24,25,29)(H,21,22,23,28);4,6-7,13H,1-3,5H2;1-2,4H,3H2,(H2,10,16)(H,14,15). The molecular formula is C37H37Br2N15O7. The summed E-state index contributed by atoms with van der Waals surface area (Å²) < 4.78 is 4.25. The highest BCUT2D eigenvalue weighted by Gasteiger charge is 2.34. The van der Waals surface area contributed by atoms with Crippen LogP contribution in [0.3, 0.4) is 0 Å². The van der Waals surface area contributed by atoms with Crippen LogP contribution in [0, 0.1) is 0 Å². The Morgan fingerprint density at radius 2 is 1.51 bits per heavy atom. The predicted octanol–water partition coefficient (Wildman–Crippen LogP) is 1.90. The number of carboxylic acid groups (broad SMARTS) is 1. The van der Waals surface area contributed by atoms with E-state index in [0.717, 1.165) is 12.8 Å². The zero-order chi connectivity index (χ0) is 43.5. The largest absolute Gasteiger partial charge is 0.480 e. The van der Waals surface area contributed by atoms with E-state index in [1.165, 1.54) is 48.7 Å². The fourth-order valence-electron chi connectivity index (χ4n) is 5.83. The summed E-state index contributed by atoms with van der Waals surface area (Å²) in [6.07, 6.45) is 16.9. The molecule has 24 heteroatoms. The van der Waals surface area contributed by atoms with Crippen molar-refractivity contribution in [3.8, 4) is 0 Å². The minimum absolute atomic E-state index is 0.0154. The third kappa shape index (κ3) is 12.7. The summed E-state index contributed by atoms with van der Waals surface area (Å²) in [5, 5.41) is 18.1. The van der Waals surface area contributed by atoms with E-state index in [-0.39, 0.29) is 49.0 Å². The molecule has 0 atom stereocenters. The predicted molar refractivity (Wildman–Crippen MR) is 223 cm³/mol. The van der Waals surface area contributed by atoms with Gasteiger partial charge in [-0.1, -0.05) is 0 Å². The zero-order valence-corrected chi connectivity index (χ0v) is 35.2. The molecule has 6 heterocycles. The second-order valence-corrected chi connectivity index (χ2v) is 15.2. The number of nitrogens with two attached hydrogens (primary N) is 1. The van der Waals surface area contributed by atoms with Crippen molar-refractivity contribution in [3.05, 3.63) is 82.6 Å². The molecule has 4 amide bonds. The zero-order valence-electron chi connectivity index (χ0n) is 32.0. The lowest BCUT2D eigenvalue weighted by Gasteiger charge is -2.22. The van der Waals surface area contributed by atoms with E-state index in [9.17, 15) is 28.8 Å². The van der Waals surface area contributed by atoms with E-state index in [0.29, 0.717) is 74.0 Å². The Morgan fingerprint density at radius 3 is 2.15 bits per heavy atom. The number of hydrogen-bond acceptors (Lipinski definition) is 15. The lowest BCUT2D eigenvalue weighted by molar-refractivity contribution is -0.137. The molecule has 2 aliphatic rings. The quantitative estimate of drug-likeness (QED) is 0.0866. The van der Waals surface area contributed by atoms with Crippen LogP contribution >= 0.6 is 31.9 Å². The summed E-state index contributed by atoms with van der Waals surface area (Å²) in [5.74, 6) is -1.36. The normalized spacial score (nSPS) is 13.0. The van der Waals surface area contributed by atoms with Gasteiger partial charge in [0.1, 0.15) is 64.3 Å². The molecule has 6 aromatic heterocycles. The summed E-state index contributed by atoms with van der Waals surface area (Å²) in [4.78, 5) is 103. The van der Waals surface area contributed by atoms with E-state index < -0.39 is 11.9 Å². The number of rotatable bonds is 16. The van der Waals surface area contributed by atoms with Gasteiger partial charge in [-0.15, -0.1) is 0 Å². The number of aliphatic carboxylic acids is 1. The fourth-order valence-corrected chi connectivity index (χ4v) is 6.49. The fraction of sp³-hybridized carbons (Fsp3) is 0.297. The molecule has 2 saturated carbocycles. The molecule has 2 fully saturated rings. The van der Waals surface area contributed by atoms with E-state index in [4.69, 9.17) is 10.8 Å². The van der Waals surface area contributed by atoms with Crippen molar-refractivity contribution in [3.63, 3.8) is 0 Å². The van der Waals surface area contributed by atoms with Gasteiger partial charge in [-0.3, -0.25) is 38.7 Å². The number of fused-ring (bicyclic) bond motifs is 2. The Bertz CT molecular complexity index is 2580. The first-order valence-electron chi connectivity index (χ1n) is 18.5. The Hall–Kier alpha value is -6.66. The third-order valence-corrected chi connectivity index (χ3v) is 9.61. The van der Waals surface area contributed by atoms with E-state index in [1.807, 2.05) is 0 Å². The number of nitrogens with one attached hydrogen (secondary N) is 3. The number of carboxylic acids is 1. The summed E-state index contributed by atoms with van der Waals surface area (Å²) in [6.45, 7) is 0.156. The number of nitrogens with zero attached hydrogens (tertiary/aromatic N) is 11. The summed E-state index contributed by atoms with van der Waals surface area (Å²) in [6, 6.07) is 3.91. The molecule has 0 aliphatic heterocycles. The summed E-state index contributed by atoms with van der Waals surface area (Å²) >= 11 is 6.42. The van der Waals surface area contributed by atoms with Gasteiger partial charge in [0, 0.05) is 30.7 Å². The molecule has 8 rings (SSSR count). The van der Waals surface area contributed by atoms with Crippen molar-refractivity contribution >= 4 is 101 Å². The second-order valence-electron chi connectivity index (χ2n) is 13.6. The molecule has 0 bridgehead atoms. The number of carbonyl (C=O) groups is 6. The van der Waals surface area contributed by atoms with Crippen molar-refractivity contribution in [1.82, 2.24) is 59.2 Å². The second kappa shape index (κ2) is 20.5. The van der Waals surface area contributed by atoms with Crippen LogP contribution in [0.1, 0.15) is 41.9 Å². The van der Waals surface area contributed by atoms with Crippen LogP contribution in [0.4, 0.5) is 11.6 Å². The SMILES string of the molecule is NC(=O)c1ncnc2c1ccn2CC(=O)O.O=C(CNC1CC1)Cc1cncc(Br)n1.O=CNc1ncnc2c1ccn2CC(=O)N(CC(=O)Nc1cncc(Br)n1)C1CC1. The van der Waals surface area contributed by atoms with Crippen molar-refractivity contribution in [2.24, 2.45) is 5.73 Å². The first-order chi connectivity index (χ1) is 29.4. The maximum absolute atomic E-state index is 13.0. The van der Waals surface area contributed by atoms with Crippen LogP contribution in [-0.2, 0) is 43.5 Å². The van der Waals surface area contributed by atoms with Gasteiger partial charge < -0.3 is 40.8 Å². The van der Waals surface area contributed by atoms with Crippen LogP contribution in [0.5, 0.6) is 0 Å². The maximum Gasteiger partial charge on any atom is 0.323 e. The minimum Gasteiger partial charge on any atom is -0.480 e. The average Bonchev–Trinajstić information content (AvgIpc) is 4.16. The van der Waals surface area contributed by atoms with Gasteiger partial charge in [0.05, 0.1) is 48.0 Å². The number of amides is 4. The van der Waals surface area contributed by atoms with E-state index >= 15 is 0 Å². The molecule has 316 valence electrons. The van der Waals surface area contributed by atoms with Crippen molar-refractivity contribution in [2.45, 2.75) is 57.3 Å². The van der Waals surface area contributed by atoms with Crippen LogP contribution in [0.2, 0.25) is 0 Å². The minimum atomic E-state index is -0.989. The van der Waals surface area contributed by atoms with Gasteiger partial charge in [-0.2, -0.15) is 0 Å². The number of Topliss-reactive ketones (excluding diaryl/α,β-unsaturated/α-hetero) is 1. The van der Waals surface area contributed by atoms with Gasteiger partial charge in [-0.05, 0) is 69.7 Å². The molecule has 6 aromatic rings. The van der Waals surface area contributed by atoms with E-state index in [1.54, 1.807) is 40.2 Å². The molecule has 0 radical (unpaired) electrons. The van der Waals surface area contributed by atoms with Gasteiger partial charge in [0.25, 0.3) is 5.91 Å². The van der Waals surface area contributed by atoms with Gasteiger partial charge in [0.2, 0.25) is 18.2 Å². The Balaban J connectivity index is 0.000000169. The average molecular weight is 964 g/mol. The van der Waals surface area contributed by atoms with Crippen molar-refractivity contribution < 1.29 is 33.9 Å². The lowest BCUT2D eigenvalue weighted by Crippen LogP contribution is -2.41. The highest BCUT2D eigenvalue weighted by Crippen LogP contribution is 2.28. The van der Waals surface area contributed by atoms with Crippen LogP contribution in [-0.4, -0.2) is 120 Å². The summed E-state index contributed by atoms with van der Waals surface area (Å²) in [7, 11) is 0. The topological polar surface area (TPSA) is 301 Å². The Morgan fingerprint density at radius 1 is 0.852 bits per heavy atom. The molecule has 2 aliphatic carbocycles. The molecular weight excluding hydrogens is 926 g/mol. The lowest BCUT2D eigenvalue weighted by atomic mass is 10.2. The number of carbonyl (C=O) groups excluding carboxylic acids is 5. The maximum atomic E-state index is 13.0. The Kier molecular flexibility index (Phi) is 14.8. The summed E-state index contributed by atoms with van der Waals surface area (Å²) in [5.41, 5.74) is 6.84. The molecule has 0 unspecified atom stereocenters.